The quantitative estimate of drug-likeness (QED) is 0.287. The number of rotatable bonds is 11. The zero-order chi connectivity index (χ0) is 23.6. The van der Waals surface area contributed by atoms with E-state index in [1.54, 1.807) is 33.7 Å². The van der Waals surface area contributed by atoms with Crippen LogP contribution < -0.4 is 0 Å². The minimum Gasteiger partial charge on any atom is -0.465 e. The summed E-state index contributed by atoms with van der Waals surface area (Å²) in [4.78, 5) is 44.1. The van der Waals surface area contributed by atoms with Gasteiger partial charge in [0.25, 0.3) is 0 Å². The van der Waals surface area contributed by atoms with E-state index in [1.807, 2.05) is 13.8 Å². The summed E-state index contributed by atoms with van der Waals surface area (Å²) in [6.45, 7) is 14.3. The SMILES string of the molecule is C=CCCOC(=O)[C@@H]1[C@H]2C(=O)N(CCCO)C(C(=O)N(CC=C)C(C)C)C23S[C@@H]1CC3C. The highest BCUT2D eigenvalue weighted by Gasteiger charge is 2.76. The molecule has 32 heavy (non-hydrogen) atoms. The normalized spacial score (nSPS) is 32.8. The molecule has 2 amide bonds. The van der Waals surface area contributed by atoms with E-state index >= 15 is 0 Å². The molecule has 3 aliphatic rings. The van der Waals surface area contributed by atoms with Crippen LogP contribution in [0.3, 0.4) is 0 Å². The first-order chi connectivity index (χ1) is 15.3. The Labute approximate surface area is 195 Å². The van der Waals surface area contributed by atoms with Gasteiger partial charge in [0.05, 0.1) is 23.2 Å². The van der Waals surface area contributed by atoms with Gasteiger partial charge in [-0.05, 0) is 39.0 Å². The van der Waals surface area contributed by atoms with Crippen LogP contribution in [0.15, 0.2) is 25.3 Å². The number of thioether (sulfide) groups is 1. The van der Waals surface area contributed by atoms with Crippen molar-refractivity contribution in [3.05, 3.63) is 25.3 Å². The lowest BCUT2D eigenvalue weighted by atomic mass is 9.66. The molecule has 0 aromatic heterocycles. The van der Waals surface area contributed by atoms with Crippen molar-refractivity contribution in [2.75, 3.05) is 26.3 Å². The molecule has 8 heteroatoms. The highest BCUT2D eigenvalue weighted by atomic mass is 32.2. The monoisotopic (exact) mass is 464 g/mol. The first-order valence-corrected chi connectivity index (χ1v) is 12.4. The zero-order valence-corrected chi connectivity index (χ0v) is 20.2. The average molecular weight is 465 g/mol. The van der Waals surface area contributed by atoms with Crippen molar-refractivity contribution >= 4 is 29.5 Å². The van der Waals surface area contributed by atoms with Crippen LogP contribution in [-0.4, -0.2) is 81.1 Å². The van der Waals surface area contributed by atoms with Crippen LogP contribution in [0.1, 0.15) is 40.0 Å². The third-order valence-corrected chi connectivity index (χ3v) is 9.18. The molecule has 1 spiro atoms. The predicted molar refractivity (Wildman–Crippen MR) is 125 cm³/mol. The average Bonchev–Trinajstić information content (AvgIpc) is 3.33. The van der Waals surface area contributed by atoms with E-state index in [9.17, 15) is 19.5 Å². The summed E-state index contributed by atoms with van der Waals surface area (Å²) < 4.78 is 4.84. The van der Waals surface area contributed by atoms with Crippen molar-refractivity contribution in [2.45, 2.75) is 62.1 Å². The van der Waals surface area contributed by atoms with Crippen LogP contribution in [0.5, 0.6) is 0 Å². The van der Waals surface area contributed by atoms with Gasteiger partial charge < -0.3 is 19.6 Å². The minimum absolute atomic E-state index is 0.0302. The largest absolute Gasteiger partial charge is 0.465 e. The van der Waals surface area contributed by atoms with Crippen molar-refractivity contribution in [3.8, 4) is 0 Å². The summed E-state index contributed by atoms with van der Waals surface area (Å²) in [5.74, 6) is -1.63. The number of amides is 2. The van der Waals surface area contributed by atoms with E-state index < -0.39 is 22.6 Å². The Hall–Kier alpha value is -1.80. The second-order valence-corrected chi connectivity index (χ2v) is 10.8. The Kier molecular flexibility index (Phi) is 7.76. The van der Waals surface area contributed by atoms with Crippen LogP contribution in [0.2, 0.25) is 0 Å². The lowest BCUT2D eigenvalue weighted by molar-refractivity contribution is -0.154. The molecule has 0 aliphatic carbocycles. The zero-order valence-electron chi connectivity index (χ0n) is 19.4. The summed E-state index contributed by atoms with van der Waals surface area (Å²) in [5, 5.41) is 9.40. The number of nitrogens with zero attached hydrogens (tertiary/aromatic N) is 2. The van der Waals surface area contributed by atoms with E-state index in [1.165, 1.54) is 0 Å². The van der Waals surface area contributed by atoms with Crippen molar-refractivity contribution in [1.82, 2.24) is 9.80 Å². The minimum atomic E-state index is -0.662. The second-order valence-electron chi connectivity index (χ2n) is 9.28. The molecule has 3 aliphatic heterocycles. The van der Waals surface area contributed by atoms with Gasteiger partial charge in [-0.1, -0.05) is 19.1 Å². The molecule has 3 rings (SSSR count). The molecule has 3 unspecified atom stereocenters. The second kappa shape index (κ2) is 10.00. The van der Waals surface area contributed by atoms with Gasteiger partial charge in [-0.3, -0.25) is 14.4 Å². The highest BCUT2D eigenvalue weighted by Crippen LogP contribution is 2.68. The fourth-order valence-electron chi connectivity index (χ4n) is 5.74. The number of hydrogen-bond donors (Lipinski definition) is 1. The number of carbonyl (C=O) groups excluding carboxylic acids is 3. The Bertz CT molecular complexity index is 771. The van der Waals surface area contributed by atoms with E-state index in [-0.39, 0.29) is 48.2 Å². The van der Waals surface area contributed by atoms with Gasteiger partial charge in [-0.25, -0.2) is 0 Å². The van der Waals surface area contributed by atoms with Crippen LogP contribution in [0.25, 0.3) is 0 Å². The lowest BCUT2D eigenvalue weighted by Crippen LogP contribution is -2.58. The number of aliphatic hydroxyl groups excluding tert-OH is 1. The topological polar surface area (TPSA) is 87.1 Å². The Balaban J connectivity index is 2.01. The number of likely N-dealkylation sites (tertiary alicyclic amines) is 1. The maximum Gasteiger partial charge on any atom is 0.310 e. The van der Waals surface area contributed by atoms with Gasteiger partial charge >= 0.3 is 5.97 Å². The van der Waals surface area contributed by atoms with Crippen molar-refractivity contribution in [2.24, 2.45) is 17.8 Å². The third kappa shape index (κ3) is 3.89. The fourth-order valence-corrected chi connectivity index (χ4v) is 8.14. The number of ether oxygens (including phenoxy) is 1. The van der Waals surface area contributed by atoms with Crippen molar-refractivity contribution in [3.63, 3.8) is 0 Å². The molecular weight excluding hydrogens is 428 g/mol. The smallest absolute Gasteiger partial charge is 0.310 e. The number of fused-ring (bicyclic) bond motifs is 1. The molecule has 2 bridgehead atoms. The summed E-state index contributed by atoms with van der Waals surface area (Å²) in [5.41, 5.74) is 0. The molecule has 0 aromatic rings. The summed E-state index contributed by atoms with van der Waals surface area (Å²) in [6.07, 6.45) is 5.11. The van der Waals surface area contributed by atoms with E-state index in [0.717, 1.165) is 6.42 Å². The molecular formula is C24H36N2O5S. The molecule has 6 atom stereocenters. The number of carbonyl (C=O) groups is 3. The van der Waals surface area contributed by atoms with Gasteiger partial charge in [0, 0.05) is 31.0 Å². The lowest BCUT2D eigenvalue weighted by Gasteiger charge is -2.41. The van der Waals surface area contributed by atoms with Gasteiger partial charge in [-0.15, -0.1) is 24.9 Å². The number of esters is 1. The number of aliphatic hydroxyl groups is 1. The summed E-state index contributed by atoms with van der Waals surface area (Å²) in [7, 11) is 0. The maximum absolute atomic E-state index is 13.9. The van der Waals surface area contributed by atoms with E-state index in [2.05, 4.69) is 20.1 Å². The van der Waals surface area contributed by atoms with Gasteiger partial charge in [0.1, 0.15) is 6.04 Å². The van der Waals surface area contributed by atoms with Gasteiger partial charge in [-0.2, -0.15) is 0 Å². The van der Waals surface area contributed by atoms with Crippen molar-refractivity contribution < 1.29 is 24.2 Å². The predicted octanol–water partition coefficient (Wildman–Crippen LogP) is 2.25. The highest BCUT2D eigenvalue weighted by molar-refractivity contribution is 8.02. The molecule has 7 nitrogen and oxygen atoms in total. The summed E-state index contributed by atoms with van der Waals surface area (Å²) >= 11 is 1.64. The number of hydrogen-bond acceptors (Lipinski definition) is 6. The van der Waals surface area contributed by atoms with Crippen LogP contribution in [0, 0.1) is 17.8 Å². The summed E-state index contributed by atoms with van der Waals surface area (Å²) in [6, 6.07) is -0.714. The molecule has 3 saturated heterocycles. The van der Waals surface area contributed by atoms with E-state index in [4.69, 9.17) is 4.74 Å². The van der Waals surface area contributed by atoms with Crippen LogP contribution >= 0.6 is 11.8 Å². The molecule has 3 fully saturated rings. The Morgan fingerprint density at radius 1 is 1.38 bits per heavy atom. The van der Waals surface area contributed by atoms with Crippen LogP contribution in [0.4, 0.5) is 0 Å². The molecule has 0 radical (unpaired) electrons. The third-order valence-electron chi connectivity index (χ3n) is 7.11. The fraction of sp³-hybridized carbons (Fsp3) is 0.708. The van der Waals surface area contributed by atoms with Gasteiger partial charge in [0.15, 0.2) is 0 Å². The molecule has 3 heterocycles. The maximum atomic E-state index is 13.9. The molecule has 0 saturated carbocycles. The molecule has 178 valence electrons. The van der Waals surface area contributed by atoms with E-state index in [0.29, 0.717) is 25.9 Å². The molecule has 1 N–H and O–H groups in total. The Morgan fingerprint density at radius 2 is 2.09 bits per heavy atom. The first kappa shape index (κ1) is 24.8. The van der Waals surface area contributed by atoms with Crippen molar-refractivity contribution in [1.29, 1.82) is 0 Å². The molecule has 0 aromatic carbocycles. The standard InChI is InChI=1S/C24H36N2O5S/c1-6-8-13-31-23(30)18-17-14-16(5)24(32-17)19(18)21(28)26(11-9-12-27)20(24)22(29)25(10-7-2)15(3)4/h6-7,15-20,27H,1-2,8-14H2,3-5H3/t16?,17-,18+,19+,20?,24?/m1/s1. The van der Waals surface area contributed by atoms with Gasteiger partial charge in [0.2, 0.25) is 11.8 Å². The van der Waals surface area contributed by atoms with Crippen LogP contribution in [-0.2, 0) is 19.1 Å². The first-order valence-electron chi connectivity index (χ1n) is 11.5. The Morgan fingerprint density at radius 3 is 2.69 bits per heavy atom.